The van der Waals surface area contributed by atoms with Gasteiger partial charge >= 0.3 is 0 Å². The van der Waals surface area contributed by atoms with Gasteiger partial charge in [0, 0.05) is 12.5 Å². The van der Waals surface area contributed by atoms with E-state index in [-0.39, 0.29) is 17.3 Å². The van der Waals surface area contributed by atoms with E-state index in [0.717, 1.165) is 0 Å². The first-order chi connectivity index (χ1) is 8.58. The number of H-pyrrole nitrogens is 1. The average Bonchev–Trinajstić information content (AvgIpc) is 2.33. The van der Waals surface area contributed by atoms with Crippen LogP contribution in [0.4, 0.5) is 4.39 Å². The van der Waals surface area contributed by atoms with Crippen LogP contribution in [0.15, 0.2) is 29.1 Å². The van der Waals surface area contributed by atoms with Gasteiger partial charge in [-0.3, -0.25) is 4.79 Å². The summed E-state index contributed by atoms with van der Waals surface area (Å²) in [7, 11) is 0. The summed E-state index contributed by atoms with van der Waals surface area (Å²) < 4.78 is 18.7. The van der Waals surface area contributed by atoms with Crippen LogP contribution in [-0.4, -0.2) is 9.97 Å². The summed E-state index contributed by atoms with van der Waals surface area (Å²) >= 11 is 0. The molecule has 94 valence electrons. The van der Waals surface area contributed by atoms with E-state index in [9.17, 15) is 9.18 Å². The Bertz CT molecular complexity index is 623. The van der Waals surface area contributed by atoms with Crippen molar-refractivity contribution in [2.75, 3.05) is 0 Å². The van der Waals surface area contributed by atoms with Gasteiger partial charge < -0.3 is 9.72 Å². The molecule has 0 aliphatic heterocycles. The topological polar surface area (TPSA) is 55.0 Å². The number of rotatable bonds is 3. The number of hydrogen-bond acceptors (Lipinski definition) is 3. The maximum absolute atomic E-state index is 13.3. The molecule has 2 rings (SSSR count). The lowest BCUT2D eigenvalue weighted by molar-refractivity contribution is 0.452. The van der Waals surface area contributed by atoms with Crippen LogP contribution in [0.25, 0.3) is 0 Å². The van der Waals surface area contributed by atoms with Crippen LogP contribution in [0.3, 0.4) is 0 Å². The second kappa shape index (κ2) is 5.00. The van der Waals surface area contributed by atoms with E-state index in [2.05, 4.69) is 9.97 Å². The van der Waals surface area contributed by atoms with E-state index in [1.165, 1.54) is 12.1 Å². The highest BCUT2D eigenvalue weighted by Gasteiger charge is 2.05. The number of halogens is 1. The quantitative estimate of drug-likeness (QED) is 0.908. The van der Waals surface area contributed by atoms with E-state index in [0.29, 0.717) is 23.6 Å². The number of hydrogen-bond donors (Lipinski definition) is 1. The summed E-state index contributed by atoms with van der Waals surface area (Å²) in [5, 5.41) is 0. The van der Waals surface area contributed by atoms with Gasteiger partial charge in [-0.1, -0.05) is 13.0 Å². The minimum atomic E-state index is -0.354. The molecule has 4 nitrogen and oxygen atoms in total. The van der Waals surface area contributed by atoms with Gasteiger partial charge in [-0.2, -0.15) is 4.98 Å². The standard InChI is InChI=1S/C13H13FN2O2/c1-3-11-15-12(17)7-13(16-11)18-9-5-4-8(2)10(14)6-9/h4-7H,3H2,1-2H3,(H,15,16,17). The SMILES string of the molecule is CCc1nc(Oc2ccc(C)c(F)c2)cc(=O)[nH]1. The zero-order valence-electron chi connectivity index (χ0n) is 10.2. The summed E-state index contributed by atoms with van der Waals surface area (Å²) in [6, 6.07) is 5.74. The molecule has 1 aromatic heterocycles. The monoisotopic (exact) mass is 248 g/mol. The number of aryl methyl sites for hydroxylation is 2. The van der Waals surface area contributed by atoms with Crippen LogP contribution in [0.1, 0.15) is 18.3 Å². The van der Waals surface area contributed by atoms with E-state index in [1.807, 2.05) is 6.92 Å². The Morgan fingerprint density at radius 2 is 2.17 bits per heavy atom. The van der Waals surface area contributed by atoms with Crippen LogP contribution in [0, 0.1) is 12.7 Å². The Labute approximate surface area is 103 Å². The van der Waals surface area contributed by atoms with E-state index in [1.54, 1.807) is 19.1 Å². The average molecular weight is 248 g/mol. The predicted molar refractivity (Wildman–Crippen MR) is 65.4 cm³/mol. The molecular weight excluding hydrogens is 235 g/mol. The highest BCUT2D eigenvalue weighted by Crippen LogP contribution is 2.20. The van der Waals surface area contributed by atoms with Gasteiger partial charge in [-0.25, -0.2) is 4.39 Å². The van der Waals surface area contributed by atoms with Crippen molar-refractivity contribution in [3.8, 4) is 11.6 Å². The molecular formula is C13H13FN2O2. The third kappa shape index (κ3) is 2.74. The lowest BCUT2D eigenvalue weighted by atomic mass is 10.2. The Balaban J connectivity index is 2.30. The van der Waals surface area contributed by atoms with Crippen molar-refractivity contribution >= 4 is 0 Å². The molecule has 0 saturated carbocycles. The molecule has 1 heterocycles. The van der Waals surface area contributed by atoms with Gasteiger partial charge in [0.15, 0.2) is 0 Å². The van der Waals surface area contributed by atoms with Crippen molar-refractivity contribution in [3.05, 3.63) is 51.8 Å². The highest BCUT2D eigenvalue weighted by atomic mass is 19.1. The number of aromatic nitrogens is 2. The maximum atomic E-state index is 13.3. The third-order valence-electron chi connectivity index (χ3n) is 2.47. The van der Waals surface area contributed by atoms with Crippen LogP contribution in [-0.2, 0) is 6.42 Å². The molecule has 0 saturated heterocycles. The molecule has 0 amide bonds. The van der Waals surface area contributed by atoms with Crippen molar-refractivity contribution in [1.29, 1.82) is 0 Å². The molecule has 0 fully saturated rings. The number of ether oxygens (including phenoxy) is 1. The van der Waals surface area contributed by atoms with Crippen molar-refractivity contribution in [3.63, 3.8) is 0 Å². The molecule has 0 atom stereocenters. The second-order valence-electron chi connectivity index (χ2n) is 3.90. The van der Waals surface area contributed by atoms with E-state index < -0.39 is 0 Å². The summed E-state index contributed by atoms with van der Waals surface area (Å²) in [5.74, 6) is 0.662. The zero-order valence-corrected chi connectivity index (χ0v) is 10.2. The minimum Gasteiger partial charge on any atom is -0.439 e. The van der Waals surface area contributed by atoms with Gasteiger partial charge in [0.1, 0.15) is 17.4 Å². The van der Waals surface area contributed by atoms with Crippen LogP contribution in [0.2, 0.25) is 0 Å². The molecule has 1 aromatic carbocycles. The smallest absolute Gasteiger partial charge is 0.254 e. The molecule has 0 aliphatic rings. The van der Waals surface area contributed by atoms with Gasteiger partial charge in [-0.05, 0) is 18.6 Å². The molecule has 2 aromatic rings. The van der Waals surface area contributed by atoms with Crippen molar-refractivity contribution < 1.29 is 9.13 Å². The first-order valence-electron chi connectivity index (χ1n) is 5.62. The molecule has 5 heteroatoms. The van der Waals surface area contributed by atoms with Crippen LogP contribution >= 0.6 is 0 Å². The first kappa shape index (κ1) is 12.3. The van der Waals surface area contributed by atoms with Gasteiger partial charge in [-0.15, -0.1) is 0 Å². The van der Waals surface area contributed by atoms with Crippen molar-refractivity contribution in [2.24, 2.45) is 0 Å². The van der Waals surface area contributed by atoms with Crippen molar-refractivity contribution in [2.45, 2.75) is 20.3 Å². The maximum Gasteiger partial charge on any atom is 0.254 e. The molecule has 0 bridgehead atoms. The first-order valence-corrected chi connectivity index (χ1v) is 5.62. The highest BCUT2D eigenvalue weighted by molar-refractivity contribution is 5.30. The molecule has 0 spiro atoms. The zero-order chi connectivity index (χ0) is 13.1. The number of nitrogens with one attached hydrogen (secondary N) is 1. The van der Waals surface area contributed by atoms with Gasteiger partial charge in [0.25, 0.3) is 5.56 Å². The molecule has 0 unspecified atom stereocenters. The fourth-order valence-corrected chi connectivity index (χ4v) is 1.46. The van der Waals surface area contributed by atoms with Gasteiger partial charge in [0.2, 0.25) is 5.88 Å². The van der Waals surface area contributed by atoms with E-state index in [4.69, 9.17) is 4.74 Å². The summed E-state index contributed by atoms with van der Waals surface area (Å²) in [6.07, 6.45) is 0.592. The fraction of sp³-hybridized carbons (Fsp3) is 0.231. The molecule has 1 N–H and O–H groups in total. The number of benzene rings is 1. The molecule has 0 aliphatic carbocycles. The third-order valence-corrected chi connectivity index (χ3v) is 2.47. The van der Waals surface area contributed by atoms with Crippen LogP contribution in [0.5, 0.6) is 11.6 Å². The lowest BCUT2D eigenvalue weighted by Crippen LogP contribution is -2.10. The summed E-state index contributed by atoms with van der Waals surface area (Å²) in [5.41, 5.74) is 0.250. The summed E-state index contributed by atoms with van der Waals surface area (Å²) in [4.78, 5) is 18.0. The number of aromatic amines is 1. The Morgan fingerprint density at radius 3 is 2.83 bits per heavy atom. The normalized spacial score (nSPS) is 10.4. The Kier molecular flexibility index (Phi) is 3.41. The van der Waals surface area contributed by atoms with Crippen molar-refractivity contribution in [1.82, 2.24) is 9.97 Å². The largest absolute Gasteiger partial charge is 0.439 e. The fourth-order valence-electron chi connectivity index (χ4n) is 1.46. The molecule has 0 radical (unpaired) electrons. The second-order valence-corrected chi connectivity index (χ2v) is 3.90. The van der Waals surface area contributed by atoms with Crippen LogP contribution < -0.4 is 10.3 Å². The minimum absolute atomic E-state index is 0.166. The number of nitrogens with zero attached hydrogens (tertiary/aromatic N) is 1. The summed E-state index contributed by atoms with van der Waals surface area (Å²) in [6.45, 7) is 3.54. The van der Waals surface area contributed by atoms with Gasteiger partial charge in [0.05, 0.1) is 6.07 Å². The molecule has 18 heavy (non-hydrogen) atoms. The Morgan fingerprint density at radius 1 is 1.39 bits per heavy atom. The van der Waals surface area contributed by atoms with E-state index >= 15 is 0 Å². The Hall–Kier alpha value is -2.17. The predicted octanol–water partition coefficient (Wildman–Crippen LogP) is 2.57. The lowest BCUT2D eigenvalue weighted by Gasteiger charge is -2.06.